The molecule has 0 bridgehead atoms. The van der Waals surface area contributed by atoms with Crippen LogP contribution < -0.4 is 10.6 Å². The van der Waals surface area contributed by atoms with Gasteiger partial charge < -0.3 is 25.3 Å². The van der Waals surface area contributed by atoms with E-state index in [4.69, 9.17) is 0 Å². The maximum absolute atomic E-state index is 13.8. The van der Waals surface area contributed by atoms with Crippen molar-refractivity contribution in [1.82, 2.24) is 24.7 Å². The van der Waals surface area contributed by atoms with Gasteiger partial charge in [0.05, 0.1) is 5.92 Å². The molecule has 0 unspecified atom stereocenters. The molecule has 39 heavy (non-hydrogen) atoms. The summed E-state index contributed by atoms with van der Waals surface area (Å²) in [6.45, 7) is 2.96. The van der Waals surface area contributed by atoms with Crippen LogP contribution in [0.2, 0.25) is 0 Å². The van der Waals surface area contributed by atoms with Gasteiger partial charge in [0.15, 0.2) is 0 Å². The molecule has 3 aliphatic rings. The topological polar surface area (TPSA) is 93.7 Å². The Morgan fingerprint density at radius 3 is 2.36 bits per heavy atom. The Morgan fingerprint density at radius 1 is 1.03 bits per heavy atom. The fourth-order valence-corrected chi connectivity index (χ4v) is 5.28. The van der Waals surface area contributed by atoms with Crippen molar-refractivity contribution in [2.24, 2.45) is 5.92 Å². The van der Waals surface area contributed by atoms with Gasteiger partial charge in [-0.05, 0) is 57.0 Å². The van der Waals surface area contributed by atoms with Crippen molar-refractivity contribution in [1.29, 1.82) is 0 Å². The number of nitrogens with one attached hydrogen (secondary N) is 2. The third-order valence-corrected chi connectivity index (χ3v) is 7.87. The number of hydrogen-bond donors (Lipinski definition) is 2. The maximum Gasteiger partial charge on any atom is 0.421 e. The number of benzene rings is 1. The van der Waals surface area contributed by atoms with Crippen molar-refractivity contribution in [3.8, 4) is 0 Å². The molecular weight excluding hydrogens is 511 g/mol. The lowest BCUT2D eigenvalue weighted by molar-refractivity contribution is -0.137. The zero-order valence-corrected chi connectivity index (χ0v) is 22.2. The highest BCUT2D eigenvalue weighted by Crippen LogP contribution is 2.38. The molecule has 0 radical (unpaired) electrons. The monoisotopic (exact) mass is 545 g/mol. The Morgan fingerprint density at radius 2 is 1.72 bits per heavy atom. The Kier molecular flexibility index (Phi) is 7.66. The first-order chi connectivity index (χ1) is 18.6. The zero-order chi connectivity index (χ0) is 27.7. The quantitative estimate of drug-likeness (QED) is 0.546. The summed E-state index contributed by atoms with van der Waals surface area (Å²) in [6, 6.07) is 6.51. The Balaban J connectivity index is 1.30. The molecule has 2 aliphatic carbocycles. The van der Waals surface area contributed by atoms with Crippen LogP contribution in [0.25, 0.3) is 0 Å². The zero-order valence-electron chi connectivity index (χ0n) is 22.2. The predicted molar refractivity (Wildman–Crippen MR) is 141 cm³/mol. The van der Waals surface area contributed by atoms with E-state index in [1.54, 1.807) is 36.2 Å². The molecule has 2 saturated carbocycles. The van der Waals surface area contributed by atoms with E-state index in [-0.39, 0.29) is 29.6 Å². The summed E-state index contributed by atoms with van der Waals surface area (Å²) < 4.78 is 41.5. The third-order valence-electron chi connectivity index (χ3n) is 7.87. The van der Waals surface area contributed by atoms with E-state index in [2.05, 4.69) is 25.5 Å². The van der Waals surface area contributed by atoms with Gasteiger partial charge in [-0.15, -0.1) is 0 Å². The molecule has 2 heterocycles. The van der Waals surface area contributed by atoms with Gasteiger partial charge in [-0.2, -0.15) is 18.2 Å². The number of rotatable bonds is 7. The molecule has 1 aromatic heterocycles. The number of likely N-dealkylation sites (N-methyl/N-ethyl adjacent to an activating group) is 1. The minimum Gasteiger partial charge on any atom is -0.366 e. The van der Waals surface area contributed by atoms with Gasteiger partial charge in [0.2, 0.25) is 11.9 Å². The minimum atomic E-state index is -4.66. The van der Waals surface area contributed by atoms with Crippen molar-refractivity contribution >= 4 is 29.3 Å². The van der Waals surface area contributed by atoms with Crippen LogP contribution in [-0.4, -0.2) is 88.8 Å². The molecule has 2 aromatic rings. The third kappa shape index (κ3) is 6.26. The van der Waals surface area contributed by atoms with Crippen molar-refractivity contribution < 1.29 is 22.8 Å². The number of nitrogens with zero attached hydrogens (tertiary/aromatic N) is 5. The van der Waals surface area contributed by atoms with Crippen LogP contribution in [0.5, 0.6) is 0 Å². The van der Waals surface area contributed by atoms with Crippen molar-refractivity contribution in [2.45, 2.75) is 50.4 Å². The van der Waals surface area contributed by atoms with Crippen LogP contribution in [-0.2, 0) is 11.0 Å². The number of piperazine rings is 1. The van der Waals surface area contributed by atoms with Gasteiger partial charge in [-0.3, -0.25) is 9.59 Å². The van der Waals surface area contributed by atoms with Crippen LogP contribution in [0.15, 0.2) is 30.5 Å². The molecule has 12 heteroatoms. The van der Waals surface area contributed by atoms with E-state index in [1.165, 1.54) is 0 Å². The summed E-state index contributed by atoms with van der Waals surface area (Å²) in [4.78, 5) is 39.6. The lowest BCUT2D eigenvalue weighted by Gasteiger charge is -2.32. The fourth-order valence-electron chi connectivity index (χ4n) is 5.28. The highest BCUT2D eigenvalue weighted by Gasteiger charge is 2.41. The van der Waals surface area contributed by atoms with Gasteiger partial charge in [0, 0.05) is 62.8 Å². The second-order valence-electron chi connectivity index (χ2n) is 10.7. The standard InChI is InChI=1S/C27H34F3N7O2/c1-35-12-14-37(15-13-35)24(38)17-6-8-18(9-7-17)32-26-31-16-21(27(28,29)30)23(34-26)33-22-5-3-4-20(22)25(39)36(2)19-10-11-19/h6-9,16,19-20,22H,3-5,10-15H2,1-2H3,(H2,31,32,33,34)/t20-,22+/m0/s1. The number of aromatic nitrogens is 2. The van der Waals surface area contributed by atoms with E-state index in [1.807, 2.05) is 11.9 Å². The van der Waals surface area contributed by atoms with Crippen LogP contribution >= 0.6 is 0 Å². The molecule has 9 nitrogen and oxygen atoms in total. The highest BCUT2D eigenvalue weighted by atomic mass is 19.4. The van der Waals surface area contributed by atoms with Gasteiger partial charge in [0.1, 0.15) is 11.4 Å². The normalized spacial score (nSPS) is 22.0. The van der Waals surface area contributed by atoms with Crippen molar-refractivity contribution in [3.63, 3.8) is 0 Å². The SMILES string of the molecule is CN1CCN(C(=O)c2ccc(Nc3ncc(C(F)(F)F)c(N[C@@H]4CCC[C@@H]4C(=O)N(C)C4CC4)n3)cc2)CC1. The lowest BCUT2D eigenvalue weighted by Crippen LogP contribution is -2.47. The van der Waals surface area contributed by atoms with Crippen LogP contribution in [0.4, 0.5) is 30.6 Å². The molecule has 5 rings (SSSR count). The summed E-state index contributed by atoms with van der Waals surface area (Å²) in [5, 5.41) is 5.88. The second kappa shape index (κ2) is 11.0. The Labute approximate surface area is 225 Å². The second-order valence-corrected chi connectivity index (χ2v) is 10.7. The Bertz CT molecular complexity index is 1190. The van der Waals surface area contributed by atoms with Crippen LogP contribution in [0.3, 0.4) is 0 Å². The molecule has 210 valence electrons. The first-order valence-corrected chi connectivity index (χ1v) is 13.4. The van der Waals surface area contributed by atoms with Crippen molar-refractivity contribution in [2.75, 3.05) is 50.9 Å². The average molecular weight is 546 g/mol. The molecule has 2 N–H and O–H groups in total. The van der Waals surface area contributed by atoms with Gasteiger partial charge in [-0.1, -0.05) is 6.42 Å². The molecule has 0 spiro atoms. The predicted octanol–water partition coefficient (Wildman–Crippen LogP) is 3.83. The van der Waals surface area contributed by atoms with E-state index >= 15 is 0 Å². The number of hydrogen-bond acceptors (Lipinski definition) is 7. The summed E-state index contributed by atoms with van der Waals surface area (Å²) >= 11 is 0. The molecule has 1 aromatic carbocycles. The number of carbonyl (C=O) groups is 2. The summed E-state index contributed by atoms with van der Waals surface area (Å²) in [5.41, 5.74) is 0.0966. The highest BCUT2D eigenvalue weighted by molar-refractivity contribution is 5.94. The first-order valence-electron chi connectivity index (χ1n) is 13.4. The molecule has 3 fully saturated rings. The van der Waals surface area contributed by atoms with Gasteiger partial charge in [0.25, 0.3) is 5.91 Å². The number of amides is 2. The number of alkyl halides is 3. The largest absolute Gasteiger partial charge is 0.421 e. The molecular formula is C27H34F3N7O2. The fraction of sp³-hybridized carbons (Fsp3) is 0.556. The van der Waals surface area contributed by atoms with Crippen LogP contribution in [0.1, 0.15) is 48.0 Å². The van der Waals surface area contributed by atoms with Gasteiger partial charge >= 0.3 is 6.18 Å². The van der Waals surface area contributed by atoms with E-state index in [0.29, 0.717) is 37.2 Å². The van der Waals surface area contributed by atoms with Crippen molar-refractivity contribution in [3.05, 3.63) is 41.6 Å². The van der Waals surface area contributed by atoms with E-state index in [0.717, 1.165) is 38.5 Å². The Hall–Kier alpha value is -3.41. The molecule has 1 aliphatic heterocycles. The summed E-state index contributed by atoms with van der Waals surface area (Å²) in [6.07, 6.45) is 0.00386. The van der Waals surface area contributed by atoms with E-state index in [9.17, 15) is 22.8 Å². The van der Waals surface area contributed by atoms with E-state index < -0.39 is 23.7 Å². The first kappa shape index (κ1) is 27.2. The van der Waals surface area contributed by atoms with Crippen LogP contribution in [0, 0.1) is 5.92 Å². The summed E-state index contributed by atoms with van der Waals surface area (Å²) in [7, 11) is 3.79. The van der Waals surface area contributed by atoms with Gasteiger partial charge in [-0.25, -0.2) is 4.98 Å². The number of halogens is 3. The number of anilines is 3. The maximum atomic E-state index is 13.8. The average Bonchev–Trinajstić information content (AvgIpc) is 3.66. The molecule has 2 atom stereocenters. The smallest absolute Gasteiger partial charge is 0.366 e. The lowest BCUT2D eigenvalue weighted by atomic mass is 10.0. The molecule has 1 saturated heterocycles. The molecule has 2 amide bonds. The minimum absolute atomic E-state index is 0.0142. The number of carbonyl (C=O) groups excluding carboxylic acids is 2. The summed E-state index contributed by atoms with van der Waals surface area (Å²) in [5.74, 6) is -0.840.